The van der Waals surface area contributed by atoms with Crippen LogP contribution in [0.25, 0.3) is 0 Å². The molecule has 0 fully saturated rings. The Morgan fingerprint density at radius 1 is 1.33 bits per heavy atom. The summed E-state index contributed by atoms with van der Waals surface area (Å²) in [4.78, 5) is 11.5. The molecule has 0 bridgehead atoms. The molecule has 1 amide bonds. The molecule has 0 aromatic heterocycles. The van der Waals surface area contributed by atoms with Gasteiger partial charge in [-0.05, 0) is 11.5 Å². The SMILES string of the molecule is CC(C)CNC(=O)C(O)c1ccccc1. The number of amides is 1. The van der Waals surface area contributed by atoms with Crippen molar-refractivity contribution in [1.29, 1.82) is 0 Å². The summed E-state index contributed by atoms with van der Waals surface area (Å²) in [5, 5.41) is 12.4. The minimum Gasteiger partial charge on any atom is -0.378 e. The predicted molar refractivity (Wildman–Crippen MR) is 59.2 cm³/mol. The molecule has 2 N–H and O–H groups in total. The summed E-state index contributed by atoms with van der Waals surface area (Å²) in [5.41, 5.74) is 0.624. The minimum atomic E-state index is -1.06. The molecule has 1 aromatic carbocycles. The first-order valence-corrected chi connectivity index (χ1v) is 5.12. The van der Waals surface area contributed by atoms with Crippen molar-refractivity contribution in [3.05, 3.63) is 35.9 Å². The van der Waals surface area contributed by atoms with E-state index in [-0.39, 0.29) is 5.91 Å². The second kappa shape index (κ2) is 5.51. The summed E-state index contributed by atoms with van der Waals surface area (Å²) in [7, 11) is 0. The monoisotopic (exact) mass is 207 g/mol. The molecule has 1 rings (SSSR count). The Morgan fingerprint density at radius 2 is 1.93 bits per heavy atom. The first-order chi connectivity index (χ1) is 7.11. The van der Waals surface area contributed by atoms with Gasteiger partial charge in [0, 0.05) is 6.54 Å². The molecule has 1 aromatic rings. The molecule has 0 aliphatic heterocycles. The third-order valence-corrected chi connectivity index (χ3v) is 2.05. The van der Waals surface area contributed by atoms with Gasteiger partial charge in [0.2, 0.25) is 0 Å². The highest BCUT2D eigenvalue weighted by Gasteiger charge is 2.16. The zero-order valence-corrected chi connectivity index (χ0v) is 9.10. The number of rotatable bonds is 4. The van der Waals surface area contributed by atoms with Gasteiger partial charge in [-0.2, -0.15) is 0 Å². The standard InChI is InChI=1S/C12H17NO2/c1-9(2)8-13-12(15)11(14)10-6-4-3-5-7-10/h3-7,9,11,14H,8H2,1-2H3,(H,13,15). The van der Waals surface area contributed by atoms with Crippen molar-refractivity contribution in [1.82, 2.24) is 5.32 Å². The van der Waals surface area contributed by atoms with Gasteiger partial charge in [-0.25, -0.2) is 0 Å². The van der Waals surface area contributed by atoms with Gasteiger partial charge >= 0.3 is 0 Å². The Hall–Kier alpha value is -1.35. The van der Waals surface area contributed by atoms with Gasteiger partial charge in [-0.15, -0.1) is 0 Å². The van der Waals surface area contributed by atoms with Gasteiger partial charge in [0.25, 0.3) is 5.91 Å². The zero-order valence-electron chi connectivity index (χ0n) is 9.10. The third-order valence-electron chi connectivity index (χ3n) is 2.05. The van der Waals surface area contributed by atoms with E-state index in [0.29, 0.717) is 18.0 Å². The van der Waals surface area contributed by atoms with Crippen molar-refractivity contribution in [3.8, 4) is 0 Å². The maximum atomic E-state index is 11.5. The number of nitrogens with one attached hydrogen (secondary N) is 1. The van der Waals surface area contributed by atoms with Crippen LogP contribution in [0.3, 0.4) is 0 Å². The maximum Gasteiger partial charge on any atom is 0.253 e. The fraction of sp³-hybridized carbons (Fsp3) is 0.417. The molecule has 3 nitrogen and oxygen atoms in total. The smallest absolute Gasteiger partial charge is 0.253 e. The minimum absolute atomic E-state index is 0.338. The van der Waals surface area contributed by atoms with Crippen LogP contribution in [0, 0.1) is 5.92 Å². The summed E-state index contributed by atoms with van der Waals surface area (Å²) in [6.07, 6.45) is -1.06. The lowest BCUT2D eigenvalue weighted by Gasteiger charge is -2.12. The van der Waals surface area contributed by atoms with Crippen LogP contribution in [-0.2, 0) is 4.79 Å². The molecule has 82 valence electrons. The topological polar surface area (TPSA) is 49.3 Å². The number of aliphatic hydroxyl groups is 1. The van der Waals surface area contributed by atoms with Gasteiger partial charge in [-0.3, -0.25) is 4.79 Å². The molecule has 1 unspecified atom stereocenters. The molecule has 0 saturated carbocycles. The number of carbonyl (C=O) groups excluding carboxylic acids is 1. The summed E-state index contributed by atoms with van der Waals surface area (Å²) < 4.78 is 0. The van der Waals surface area contributed by atoms with Crippen LogP contribution < -0.4 is 5.32 Å². The average molecular weight is 207 g/mol. The highest BCUT2D eigenvalue weighted by Crippen LogP contribution is 2.11. The first-order valence-electron chi connectivity index (χ1n) is 5.12. The van der Waals surface area contributed by atoms with Crippen LogP contribution >= 0.6 is 0 Å². The van der Waals surface area contributed by atoms with Crippen molar-refractivity contribution < 1.29 is 9.90 Å². The van der Waals surface area contributed by atoms with E-state index >= 15 is 0 Å². The second-order valence-electron chi connectivity index (χ2n) is 3.95. The molecule has 0 aliphatic rings. The molecule has 0 heterocycles. The van der Waals surface area contributed by atoms with E-state index in [2.05, 4.69) is 5.32 Å². The van der Waals surface area contributed by atoms with E-state index in [1.165, 1.54) is 0 Å². The van der Waals surface area contributed by atoms with Crippen LogP contribution in [0.1, 0.15) is 25.5 Å². The summed E-state index contributed by atoms with van der Waals surface area (Å²) >= 11 is 0. The molecular weight excluding hydrogens is 190 g/mol. The molecule has 3 heteroatoms. The third kappa shape index (κ3) is 3.72. The zero-order chi connectivity index (χ0) is 11.3. The Labute approximate surface area is 90.1 Å². The number of hydrogen-bond donors (Lipinski definition) is 2. The lowest BCUT2D eigenvalue weighted by atomic mass is 10.1. The molecule has 0 aliphatic carbocycles. The van der Waals surface area contributed by atoms with Crippen molar-refractivity contribution in [2.24, 2.45) is 5.92 Å². The number of aliphatic hydroxyl groups excluding tert-OH is 1. The summed E-state index contributed by atoms with van der Waals surface area (Å²) in [5.74, 6) is 0.0480. The molecule has 0 spiro atoms. The molecular formula is C12H17NO2. The van der Waals surface area contributed by atoms with Gasteiger partial charge < -0.3 is 10.4 Å². The van der Waals surface area contributed by atoms with Crippen molar-refractivity contribution in [3.63, 3.8) is 0 Å². The summed E-state index contributed by atoms with van der Waals surface area (Å²) in [6.45, 7) is 4.60. The van der Waals surface area contributed by atoms with Crippen LogP contribution in [0.15, 0.2) is 30.3 Å². The lowest BCUT2D eigenvalue weighted by Crippen LogP contribution is -2.32. The quantitative estimate of drug-likeness (QED) is 0.786. The largest absolute Gasteiger partial charge is 0.378 e. The Bertz CT molecular complexity index is 309. The fourth-order valence-electron chi connectivity index (χ4n) is 1.19. The van der Waals surface area contributed by atoms with E-state index in [0.717, 1.165) is 0 Å². The molecule has 0 radical (unpaired) electrons. The summed E-state index contributed by atoms with van der Waals surface area (Å²) in [6, 6.07) is 8.92. The second-order valence-corrected chi connectivity index (χ2v) is 3.95. The van der Waals surface area contributed by atoms with Crippen LogP contribution in [0.2, 0.25) is 0 Å². The number of hydrogen-bond acceptors (Lipinski definition) is 2. The highest BCUT2D eigenvalue weighted by atomic mass is 16.3. The highest BCUT2D eigenvalue weighted by molar-refractivity contribution is 5.81. The molecule has 0 saturated heterocycles. The lowest BCUT2D eigenvalue weighted by molar-refractivity contribution is -0.129. The van der Waals surface area contributed by atoms with Gasteiger partial charge in [0.05, 0.1) is 0 Å². The van der Waals surface area contributed by atoms with Crippen LogP contribution in [0.5, 0.6) is 0 Å². The normalized spacial score (nSPS) is 12.5. The van der Waals surface area contributed by atoms with Gasteiger partial charge in [0.1, 0.15) is 0 Å². The number of benzene rings is 1. The van der Waals surface area contributed by atoms with Crippen LogP contribution in [0.4, 0.5) is 0 Å². The first kappa shape index (κ1) is 11.7. The van der Waals surface area contributed by atoms with Gasteiger partial charge in [-0.1, -0.05) is 44.2 Å². The predicted octanol–water partition coefficient (Wildman–Crippen LogP) is 1.49. The number of carbonyl (C=O) groups is 1. The van der Waals surface area contributed by atoms with E-state index < -0.39 is 6.10 Å². The van der Waals surface area contributed by atoms with E-state index in [1.54, 1.807) is 24.3 Å². The Balaban J connectivity index is 2.54. The van der Waals surface area contributed by atoms with Crippen LogP contribution in [-0.4, -0.2) is 17.6 Å². The van der Waals surface area contributed by atoms with Crippen molar-refractivity contribution >= 4 is 5.91 Å². The maximum absolute atomic E-state index is 11.5. The average Bonchev–Trinajstić information content (AvgIpc) is 2.26. The van der Waals surface area contributed by atoms with Gasteiger partial charge in [0.15, 0.2) is 6.10 Å². The molecule has 1 atom stereocenters. The van der Waals surface area contributed by atoms with E-state index in [4.69, 9.17) is 0 Å². The van der Waals surface area contributed by atoms with E-state index in [9.17, 15) is 9.90 Å². The van der Waals surface area contributed by atoms with Crippen molar-refractivity contribution in [2.45, 2.75) is 20.0 Å². The van der Waals surface area contributed by atoms with E-state index in [1.807, 2.05) is 19.9 Å². The fourth-order valence-corrected chi connectivity index (χ4v) is 1.19. The van der Waals surface area contributed by atoms with Crippen molar-refractivity contribution in [2.75, 3.05) is 6.54 Å². The Kier molecular flexibility index (Phi) is 4.31. The Morgan fingerprint density at radius 3 is 2.47 bits per heavy atom. The molecule has 15 heavy (non-hydrogen) atoms.